The molecule has 2 amide bonds. The number of aromatic nitrogens is 2. The van der Waals surface area contributed by atoms with Crippen molar-refractivity contribution in [1.82, 2.24) is 20.0 Å². The summed E-state index contributed by atoms with van der Waals surface area (Å²) in [7, 11) is 0. The molecule has 3 heterocycles. The number of carbonyl (C=O) groups excluding carboxylic acids is 2. The Morgan fingerprint density at radius 3 is 3.00 bits per heavy atom. The van der Waals surface area contributed by atoms with E-state index in [4.69, 9.17) is 16.3 Å². The summed E-state index contributed by atoms with van der Waals surface area (Å²) in [5.41, 5.74) is -0.443. The first-order valence-electron chi connectivity index (χ1n) is 6.99. The van der Waals surface area contributed by atoms with Crippen molar-refractivity contribution in [2.45, 2.75) is 31.4 Å². The Kier molecular flexibility index (Phi) is 3.75. The number of alkyl carbamates (subject to hydrolysis) is 1. The maximum Gasteiger partial charge on any atom is 0.407 e. The molecule has 2 aliphatic rings. The van der Waals surface area contributed by atoms with Crippen molar-refractivity contribution in [3.8, 4) is 0 Å². The largest absolute Gasteiger partial charge is 0.441 e. The number of hydrogen-bond donors (Lipinski definition) is 1. The SMILES string of the molecule is O=C1NCC2(CCCN(C(=O)Cn3cc(Cl)cn3)CC2)O1. The third-order valence-corrected chi connectivity index (χ3v) is 4.21. The van der Waals surface area contributed by atoms with Gasteiger partial charge in [-0.15, -0.1) is 0 Å². The summed E-state index contributed by atoms with van der Waals surface area (Å²) in [6.45, 7) is 1.97. The van der Waals surface area contributed by atoms with Crippen LogP contribution in [0.25, 0.3) is 0 Å². The fourth-order valence-electron chi connectivity index (χ4n) is 2.86. The average Bonchev–Trinajstić information content (AvgIpc) is 2.93. The van der Waals surface area contributed by atoms with Crippen LogP contribution < -0.4 is 5.32 Å². The van der Waals surface area contributed by atoms with Crippen LogP contribution >= 0.6 is 11.6 Å². The molecule has 1 aromatic heterocycles. The lowest BCUT2D eigenvalue weighted by Crippen LogP contribution is -2.37. The first kappa shape index (κ1) is 14.2. The number of amides is 2. The molecule has 2 aliphatic heterocycles. The summed E-state index contributed by atoms with van der Waals surface area (Å²) in [5, 5.41) is 7.23. The van der Waals surface area contributed by atoms with Gasteiger partial charge in [0.1, 0.15) is 12.1 Å². The van der Waals surface area contributed by atoms with Crippen LogP contribution in [0.15, 0.2) is 12.4 Å². The van der Waals surface area contributed by atoms with Gasteiger partial charge in [-0.2, -0.15) is 5.10 Å². The van der Waals surface area contributed by atoms with Crippen LogP contribution in [0.4, 0.5) is 4.79 Å². The molecule has 0 radical (unpaired) electrons. The number of likely N-dealkylation sites (tertiary alicyclic amines) is 1. The number of nitrogens with zero attached hydrogens (tertiary/aromatic N) is 3. The minimum atomic E-state index is -0.443. The number of carbonyl (C=O) groups is 2. The molecule has 2 saturated heterocycles. The van der Waals surface area contributed by atoms with E-state index in [1.54, 1.807) is 11.1 Å². The predicted molar refractivity (Wildman–Crippen MR) is 74.9 cm³/mol. The van der Waals surface area contributed by atoms with Crippen molar-refractivity contribution in [3.63, 3.8) is 0 Å². The minimum Gasteiger partial charge on any atom is -0.441 e. The first-order chi connectivity index (χ1) is 10.1. The van der Waals surface area contributed by atoms with E-state index < -0.39 is 5.60 Å². The maximum absolute atomic E-state index is 12.3. The molecule has 0 aliphatic carbocycles. The average molecular weight is 313 g/mol. The molecule has 1 spiro atoms. The van der Waals surface area contributed by atoms with Crippen molar-refractivity contribution in [3.05, 3.63) is 17.4 Å². The lowest BCUT2D eigenvalue weighted by Gasteiger charge is -2.25. The Labute approximate surface area is 127 Å². The van der Waals surface area contributed by atoms with Crippen LogP contribution in [0, 0.1) is 0 Å². The zero-order chi connectivity index (χ0) is 14.9. The van der Waals surface area contributed by atoms with E-state index >= 15 is 0 Å². The van der Waals surface area contributed by atoms with E-state index in [1.807, 2.05) is 0 Å². The summed E-state index contributed by atoms with van der Waals surface area (Å²) >= 11 is 5.79. The van der Waals surface area contributed by atoms with E-state index in [0.717, 1.165) is 12.8 Å². The summed E-state index contributed by atoms with van der Waals surface area (Å²) in [5.74, 6) is 0.00380. The smallest absolute Gasteiger partial charge is 0.407 e. The van der Waals surface area contributed by atoms with Crippen molar-refractivity contribution in [2.75, 3.05) is 19.6 Å². The van der Waals surface area contributed by atoms with Crippen LogP contribution in [-0.4, -0.2) is 51.9 Å². The lowest BCUT2D eigenvalue weighted by atomic mass is 9.95. The maximum atomic E-state index is 12.3. The van der Waals surface area contributed by atoms with Crippen LogP contribution in [0.3, 0.4) is 0 Å². The zero-order valence-electron chi connectivity index (χ0n) is 11.5. The highest BCUT2D eigenvalue weighted by Crippen LogP contribution is 2.29. The van der Waals surface area contributed by atoms with Gasteiger partial charge in [-0.3, -0.25) is 9.48 Å². The summed E-state index contributed by atoms with van der Waals surface area (Å²) in [4.78, 5) is 25.3. The molecule has 0 saturated carbocycles. The van der Waals surface area contributed by atoms with Gasteiger partial charge < -0.3 is 15.0 Å². The summed E-state index contributed by atoms with van der Waals surface area (Å²) < 4.78 is 6.93. The van der Waals surface area contributed by atoms with E-state index in [-0.39, 0.29) is 18.5 Å². The second-order valence-electron chi connectivity index (χ2n) is 5.52. The van der Waals surface area contributed by atoms with Crippen LogP contribution in [0.5, 0.6) is 0 Å². The Hall–Kier alpha value is -1.76. The highest BCUT2D eigenvalue weighted by atomic mass is 35.5. The molecule has 8 heteroatoms. The molecule has 2 fully saturated rings. The van der Waals surface area contributed by atoms with Crippen LogP contribution in [0.1, 0.15) is 19.3 Å². The minimum absolute atomic E-state index is 0.00380. The van der Waals surface area contributed by atoms with E-state index in [1.165, 1.54) is 10.9 Å². The Balaban J connectivity index is 1.59. The van der Waals surface area contributed by atoms with Gasteiger partial charge in [0.15, 0.2) is 0 Å². The summed E-state index contributed by atoms with van der Waals surface area (Å²) in [6.07, 6.45) is 5.04. The van der Waals surface area contributed by atoms with Crippen LogP contribution in [-0.2, 0) is 16.1 Å². The van der Waals surface area contributed by atoms with Gasteiger partial charge in [0.05, 0.1) is 17.8 Å². The normalized spacial score (nSPS) is 25.6. The van der Waals surface area contributed by atoms with Gasteiger partial charge in [-0.25, -0.2) is 4.79 Å². The molecule has 7 nitrogen and oxygen atoms in total. The first-order valence-corrected chi connectivity index (χ1v) is 7.37. The number of ether oxygens (including phenoxy) is 1. The predicted octanol–water partition coefficient (Wildman–Crippen LogP) is 1.03. The quantitative estimate of drug-likeness (QED) is 0.885. The monoisotopic (exact) mass is 312 g/mol. The number of hydrogen-bond acceptors (Lipinski definition) is 4. The number of rotatable bonds is 2. The summed E-state index contributed by atoms with van der Waals surface area (Å²) in [6, 6.07) is 0. The van der Waals surface area contributed by atoms with Crippen LogP contribution in [0.2, 0.25) is 5.02 Å². The fraction of sp³-hybridized carbons (Fsp3) is 0.615. The topological polar surface area (TPSA) is 76.5 Å². The molecule has 114 valence electrons. The lowest BCUT2D eigenvalue weighted by molar-refractivity contribution is -0.132. The van der Waals surface area contributed by atoms with Gasteiger partial charge >= 0.3 is 6.09 Å². The second-order valence-corrected chi connectivity index (χ2v) is 5.95. The van der Waals surface area contributed by atoms with E-state index in [9.17, 15) is 9.59 Å². The number of halogens is 1. The highest BCUT2D eigenvalue weighted by molar-refractivity contribution is 6.30. The van der Waals surface area contributed by atoms with E-state index in [0.29, 0.717) is 31.1 Å². The fourth-order valence-corrected chi connectivity index (χ4v) is 3.02. The van der Waals surface area contributed by atoms with Gasteiger partial charge in [0.2, 0.25) is 5.91 Å². The molecule has 21 heavy (non-hydrogen) atoms. The third-order valence-electron chi connectivity index (χ3n) is 4.01. The van der Waals surface area contributed by atoms with E-state index in [2.05, 4.69) is 10.4 Å². The molecule has 1 aromatic rings. The van der Waals surface area contributed by atoms with Gasteiger partial charge in [0, 0.05) is 25.7 Å². The molecule has 1 unspecified atom stereocenters. The molecular weight excluding hydrogens is 296 g/mol. The second kappa shape index (κ2) is 5.55. The van der Waals surface area contributed by atoms with Crippen molar-refractivity contribution < 1.29 is 14.3 Å². The third kappa shape index (κ3) is 3.12. The van der Waals surface area contributed by atoms with Gasteiger partial charge in [0.25, 0.3) is 0 Å². The molecule has 1 atom stereocenters. The van der Waals surface area contributed by atoms with Gasteiger partial charge in [-0.1, -0.05) is 11.6 Å². The zero-order valence-corrected chi connectivity index (χ0v) is 12.3. The molecular formula is C13H17ClN4O3. The molecule has 0 bridgehead atoms. The van der Waals surface area contributed by atoms with Crippen molar-refractivity contribution in [2.24, 2.45) is 0 Å². The van der Waals surface area contributed by atoms with Crippen molar-refractivity contribution in [1.29, 1.82) is 0 Å². The Bertz CT molecular complexity index is 561. The Morgan fingerprint density at radius 2 is 2.33 bits per heavy atom. The van der Waals surface area contributed by atoms with Crippen molar-refractivity contribution >= 4 is 23.6 Å². The standard InChI is InChI=1S/C13H17ClN4O3/c14-10-6-16-18(7-10)8-11(19)17-4-1-2-13(3-5-17)9-15-12(20)21-13/h6-7H,1-5,8-9H2,(H,15,20). The molecule has 3 rings (SSSR count). The molecule has 0 aromatic carbocycles. The van der Waals surface area contributed by atoms with Gasteiger partial charge in [-0.05, 0) is 12.8 Å². The highest BCUT2D eigenvalue weighted by Gasteiger charge is 2.41. The Morgan fingerprint density at radius 1 is 1.48 bits per heavy atom. The molecule has 1 N–H and O–H groups in total. The number of nitrogens with one attached hydrogen (secondary N) is 1.